The smallest absolute Gasteiger partial charge is 0.262 e. The van der Waals surface area contributed by atoms with Crippen molar-refractivity contribution in [2.45, 2.75) is 13.0 Å². The van der Waals surface area contributed by atoms with Crippen LogP contribution in [0.3, 0.4) is 0 Å². The van der Waals surface area contributed by atoms with Crippen LogP contribution in [0.4, 0.5) is 4.39 Å². The molecule has 0 bridgehead atoms. The van der Waals surface area contributed by atoms with Crippen LogP contribution < -0.4 is 5.56 Å². The number of nitrogens with zero attached hydrogens (tertiary/aromatic N) is 2. The summed E-state index contributed by atoms with van der Waals surface area (Å²) in [5.41, 5.74) is 0.331. The maximum atomic E-state index is 13.2. The van der Waals surface area contributed by atoms with E-state index in [1.807, 2.05) is 19.0 Å². The highest BCUT2D eigenvalue weighted by molar-refractivity contribution is 7.71. The summed E-state index contributed by atoms with van der Waals surface area (Å²) in [6.07, 6.45) is 0.811. The van der Waals surface area contributed by atoms with E-state index >= 15 is 0 Å². The third-order valence-corrected chi connectivity index (χ3v) is 3.25. The average molecular weight is 318 g/mol. The van der Waals surface area contributed by atoms with E-state index < -0.39 is 5.82 Å². The van der Waals surface area contributed by atoms with Gasteiger partial charge in [-0.1, -0.05) is 0 Å². The zero-order valence-corrected chi connectivity index (χ0v) is 13.0. The summed E-state index contributed by atoms with van der Waals surface area (Å²) in [5, 5.41) is 0.332. The van der Waals surface area contributed by atoms with Gasteiger partial charge in [0.15, 0.2) is 4.77 Å². The predicted molar refractivity (Wildman–Crippen MR) is 83.8 cm³/mol. The van der Waals surface area contributed by atoms with Gasteiger partial charge >= 0.3 is 0 Å². The second kappa shape index (κ2) is 6.97. The van der Waals surface area contributed by atoms with Gasteiger partial charge in [0.1, 0.15) is 5.82 Å². The van der Waals surface area contributed by atoms with Gasteiger partial charge in [-0.3, -0.25) is 9.36 Å². The van der Waals surface area contributed by atoms with Crippen molar-refractivity contribution in [1.82, 2.24) is 14.5 Å². The van der Waals surface area contributed by atoms with Crippen LogP contribution in [0.25, 0.3) is 10.9 Å². The van der Waals surface area contributed by atoms with Gasteiger partial charge in [0.25, 0.3) is 5.56 Å². The molecule has 0 spiro atoms. The molecule has 0 amide bonds. The van der Waals surface area contributed by atoms with Crippen LogP contribution in [0.2, 0.25) is 0 Å². The van der Waals surface area contributed by atoms with Crippen LogP contribution in [-0.2, 0) is 6.54 Å². The van der Waals surface area contributed by atoms with Crippen LogP contribution >= 0.6 is 24.6 Å². The molecule has 4 nitrogen and oxygen atoms in total. The molecular weight excluding hydrogens is 301 g/mol. The summed E-state index contributed by atoms with van der Waals surface area (Å²) >= 11 is 5.18. The van der Waals surface area contributed by atoms with Crippen molar-refractivity contribution in [1.29, 1.82) is 0 Å². The number of rotatable bonds is 4. The van der Waals surface area contributed by atoms with E-state index in [0.717, 1.165) is 13.0 Å². The van der Waals surface area contributed by atoms with Crippen molar-refractivity contribution in [3.8, 4) is 0 Å². The first-order chi connectivity index (χ1) is 8.99. The molecule has 110 valence electrons. The molecule has 0 fully saturated rings. The topological polar surface area (TPSA) is 41.0 Å². The van der Waals surface area contributed by atoms with Crippen LogP contribution in [0.15, 0.2) is 23.0 Å². The Morgan fingerprint density at radius 3 is 2.75 bits per heavy atom. The van der Waals surface area contributed by atoms with Crippen LogP contribution in [0.1, 0.15) is 6.42 Å². The molecule has 0 saturated carbocycles. The maximum Gasteiger partial charge on any atom is 0.262 e. The molecule has 1 heterocycles. The fourth-order valence-electron chi connectivity index (χ4n) is 1.97. The van der Waals surface area contributed by atoms with Gasteiger partial charge in [0.05, 0.1) is 10.9 Å². The van der Waals surface area contributed by atoms with E-state index in [2.05, 4.69) is 4.98 Å². The lowest BCUT2D eigenvalue weighted by atomic mass is 10.2. The Labute approximate surface area is 127 Å². The minimum Gasteiger partial charge on any atom is -0.332 e. The maximum absolute atomic E-state index is 13.2. The summed E-state index contributed by atoms with van der Waals surface area (Å²) in [6.45, 7) is 1.39. The monoisotopic (exact) mass is 317 g/mol. The zero-order valence-electron chi connectivity index (χ0n) is 11.4. The minimum absolute atomic E-state index is 0. The first kappa shape index (κ1) is 16.8. The van der Waals surface area contributed by atoms with Gasteiger partial charge in [-0.25, -0.2) is 4.39 Å². The fraction of sp³-hybridized carbons (Fsp3) is 0.385. The Balaban J connectivity index is 0.00000200. The third-order valence-electron chi connectivity index (χ3n) is 2.93. The Kier molecular flexibility index (Phi) is 5.86. The molecule has 1 aromatic heterocycles. The third kappa shape index (κ3) is 3.65. The normalized spacial score (nSPS) is 10.8. The number of H-pyrrole nitrogens is 1. The van der Waals surface area contributed by atoms with Crippen molar-refractivity contribution < 1.29 is 4.39 Å². The van der Waals surface area contributed by atoms with Crippen LogP contribution in [-0.4, -0.2) is 35.1 Å². The SMILES string of the molecule is CN(C)CCCn1c(=S)[nH]c2ccc(F)cc2c1=O.Cl. The Morgan fingerprint density at radius 1 is 1.40 bits per heavy atom. The Hall–Kier alpha value is -1.24. The molecule has 0 radical (unpaired) electrons. The number of hydrogen-bond donors (Lipinski definition) is 1. The van der Waals surface area contributed by atoms with E-state index in [0.29, 0.717) is 22.2 Å². The van der Waals surface area contributed by atoms with E-state index in [-0.39, 0.29) is 18.0 Å². The zero-order chi connectivity index (χ0) is 14.0. The number of halogens is 2. The molecule has 0 saturated heterocycles. The molecule has 0 aliphatic heterocycles. The number of aromatic amines is 1. The average Bonchev–Trinajstić information content (AvgIpc) is 2.34. The molecule has 1 N–H and O–H groups in total. The number of benzene rings is 1. The molecule has 2 aromatic rings. The fourth-order valence-corrected chi connectivity index (χ4v) is 2.26. The van der Waals surface area contributed by atoms with Gasteiger partial charge in [0.2, 0.25) is 0 Å². The van der Waals surface area contributed by atoms with Gasteiger partial charge in [0, 0.05) is 6.54 Å². The number of fused-ring (bicyclic) bond motifs is 1. The highest BCUT2D eigenvalue weighted by Crippen LogP contribution is 2.09. The predicted octanol–water partition coefficient (Wildman–Crippen LogP) is 2.57. The van der Waals surface area contributed by atoms with Crippen molar-refractivity contribution in [2.75, 3.05) is 20.6 Å². The highest BCUT2D eigenvalue weighted by atomic mass is 35.5. The number of hydrogen-bond acceptors (Lipinski definition) is 3. The van der Waals surface area contributed by atoms with Gasteiger partial charge in [-0.2, -0.15) is 0 Å². The molecule has 1 aromatic carbocycles. The second-order valence-corrected chi connectivity index (χ2v) is 5.12. The molecule has 0 atom stereocenters. The van der Waals surface area contributed by atoms with E-state index in [1.54, 1.807) is 0 Å². The summed E-state index contributed by atoms with van der Waals surface area (Å²) in [6, 6.07) is 4.08. The van der Waals surface area contributed by atoms with E-state index in [9.17, 15) is 9.18 Å². The highest BCUT2D eigenvalue weighted by Gasteiger charge is 2.06. The van der Waals surface area contributed by atoms with Gasteiger partial charge < -0.3 is 9.88 Å². The Bertz CT molecular complexity index is 711. The Morgan fingerprint density at radius 2 is 2.10 bits per heavy atom. The van der Waals surface area contributed by atoms with Crippen molar-refractivity contribution in [3.63, 3.8) is 0 Å². The molecule has 0 unspecified atom stereocenters. The summed E-state index contributed by atoms with van der Waals surface area (Å²) in [7, 11) is 3.94. The summed E-state index contributed by atoms with van der Waals surface area (Å²) < 4.78 is 15.1. The first-order valence-electron chi connectivity index (χ1n) is 6.06. The minimum atomic E-state index is -0.421. The summed E-state index contributed by atoms with van der Waals surface area (Å²) in [4.78, 5) is 17.3. The van der Waals surface area contributed by atoms with Crippen LogP contribution in [0, 0.1) is 10.6 Å². The van der Waals surface area contributed by atoms with E-state index in [4.69, 9.17) is 12.2 Å². The summed E-state index contributed by atoms with van der Waals surface area (Å²) in [5.74, 6) is -0.421. The second-order valence-electron chi connectivity index (χ2n) is 4.73. The van der Waals surface area contributed by atoms with Crippen molar-refractivity contribution in [2.24, 2.45) is 0 Å². The molecule has 0 aliphatic carbocycles. The lowest BCUT2D eigenvalue weighted by molar-refractivity contribution is 0.384. The largest absolute Gasteiger partial charge is 0.332 e. The van der Waals surface area contributed by atoms with E-state index in [1.165, 1.54) is 22.8 Å². The quantitative estimate of drug-likeness (QED) is 0.881. The molecule has 2 rings (SSSR count). The molecule has 0 aliphatic rings. The molecule has 7 heteroatoms. The van der Waals surface area contributed by atoms with Crippen molar-refractivity contribution >= 4 is 35.5 Å². The van der Waals surface area contributed by atoms with Gasteiger partial charge in [-0.05, 0) is 57.5 Å². The first-order valence-corrected chi connectivity index (χ1v) is 6.47. The number of nitrogens with one attached hydrogen (secondary N) is 1. The number of aromatic nitrogens is 2. The molecular formula is C13H17ClFN3OS. The standard InChI is InChI=1S/C13H16FN3OS.ClH/c1-16(2)6-3-7-17-12(18)10-8-9(14)4-5-11(10)15-13(17)19;/h4-5,8H,3,6-7H2,1-2H3,(H,15,19);1H. The molecule has 20 heavy (non-hydrogen) atoms. The lowest BCUT2D eigenvalue weighted by Crippen LogP contribution is -2.24. The van der Waals surface area contributed by atoms with Gasteiger partial charge in [-0.15, -0.1) is 12.4 Å². The van der Waals surface area contributed by atoms with Crippen LogP contribution in [0.5, 0.6) is 0 Å². The van der Waals surface area contributed by atoms with Crippen molar-refractivity contribution in [3.05, 3.63) is 39.1 Å². The lowest BCUT2D eigenvalue weighted by Gasteiger charge is -2.11.